The van der Waals surface area contributed by atoms with Crippen LogP contribution < -0.4 is 10.1 Å². The number of ether oxygens (including phenoxy) is 1. The molecule has 0 aliphatic carbocycles. The van der Waals surface area contributed by atoms with Crippen molar-refractivity contribution in [3.05, 3.63) is 90.4 Å². The first-order chi connectivity index (χ1) is 14.8. The summed E-state index contributed by atoms with van der Waals surface area (Å²) in [5, 5.41) is 12.7. The maximum absolute atomic E-state index is 6.16. The Morgan fingerprint density at radius 2 is 1.83 bits per heavy atom. The molecule has 7 heteroatoms. The molecule has 0 radical (unpaired) electrons. The van der Waals surface area contributed by atoms with Gasteiger partial charge in [-0.15, -0.1) is 10.2 Å². The lowest BCUT2D eigenvalue weighted by atomic mass is 10.1. The summed E-state index contributed by atoms with van der Waals surface area (Å²) < 4.78 is 11.5. The molecule has 5 rings (SSSR count). The Morgan fingerprint density at radius 3 is 2.70 bits per heavy atom. The van der Waals surface area contributed by atoms with Gasteiger partial charge in [-0.3, -0.25) is 0 Å². The van der Waals surface area contributed by atoms with E-state index in [-0.39, 0.29) is 0 Å². The highest BCUT2D eigenvalue weighted by Crippen LogP contribution is 2.36. The molecule has 148 valence electrons. The van der Waals surface area contributed by atoms with Crippen LogP contribution in [0.15, 0.2) is 88.6 Å². The Hall–Kier alpha value is -3.58. The minimum Gasteiger partial charge on any atom is -0.465 e. The number of nitrogens with one attached hydrogen (secondary N) is 1. The predicted molar refractivity (Wildman–Crippen MR) is 117 cm³/mol. The molecule has 1 aliphatic rings. The lowest BCUT2D eigenvalue weighted by Gasteiger charge is -2.15. The van der Waals surface area contributed by atoms with Crippen LogP contribution >= 0.6 is 11.8 Å². The summed E-state index contributed by atoms with van der Waals surface area (Å²) in [6, 6.07) is 21.8. The Balaban J connectivity index is 1.44. The molecular formula is C23H18N4O2S. The van der Waals surface area contributed by atoms with Crippen LogP contribution in [0.4, 0.5) is 5.69 Å². The smallest absolute Gasteiger partial charge is 0.247 e. The highest BCUT2D eigenvalue weighted by atomic mass is 32.2. The highest BCUT2D eigenvalue weighted by molar-refractivity contribution is 7.98. The van der Waals surface area contributed by atoms with Crippen LogP contribution in [0.3, 0.4) is 0 Å². The van der Waals surface area contributed by atoms with Gasteiger partial charge >= 0.3 is 0 Å². The average Bonchev–Trinajstić information content (AvgIpc) is 3.26. The van der Waals surface area contributed by atoms with Crippen molar-refractivity contribution in [3.63, 3.8) is 0 Å². The van der Waals surface area contributed by atoms with Gasteiger partial charge < -0.3 is 14.5 Å². The molecule has 0 bridgehead atoms. The molecule has 0 saturated heterocycles. The molecule has 0 saturated carbocycles. The lowest BCUT2D eigenvalue weighted by molar-refractivity contribution is 0.266. The van der Waals surface area contributed by atoms with Crippen molar-refractivity contribution in [1.29, 1.82) is 0 Å². The topological polar surface area (TPSA) is 73.1 Å². The fourth-order valence-electron chi connectivity index (χ4n) is 3.11. The van der Waals surface area contributed by atoms with Crippen LogP contribution in [-0.2, 0) is 5.75 Å². The molecule has 0 spiro atoms. The van der Waals surface area contributed by atoms with E-state index >= 15 is 0 Å². The van der Waals surface area contributed by atoms with Crippen LogP contribution in [0, 0.1) is 0 Å². The first-order valence-electron chi connectivity index (χ1n) is 9.51. The monoisotopic (exact) mass is 414 g/mol. The lowest BCUT2D eigenvalue weighted by Crippen LogP contribution is -2.23. The molecule has 30 heavy (non-hydrogen) atoms. The van der Waals surface area contributed by atoms with Crippen molar-refractivity contribution in [3.8, 4) is 17.1 Å². The van der Waals surface area contributed by atoms with Crippen LogP contribution in [0.2, 0.25) is 0 Å². The molecule has 2 aromatic carbocycles. The summed E-state index contributed by atoms with van der Waals surface area (Å²) in [5.74, 6) is 1.96. The zero-order valence-electron chi connectivity index (χ0n) is 15.9. The Kier molecular flexibility index (Phi) is 5.18. The maximum Gasteiger partial charge on any atom is 0.247 e. The van der Waals surface area contributed by atoms with E-state index in [2.05, 4.69) is 32.6 Å². The molecule has 0 amide bonds. The van der Waals surface area contributed by atoms with Crippen LogP contribution in [-0.4, -0.2) is 21.4 Å². The van der Waals surface area contributed by atoms with Gasteiger partial charge in [-0.05, 0) is 35.9 Å². The van der Waals surface area contributed by atoms with Gasteiger partial charge in [0.25, 0.3) is 0 Å². The first kappa shape index (κ1) is 18.4. The molecule has 1 aliphatic heterocycles. The van der Waals surface area contributed by atoms with Crippen molar-refractivity contribution in [1.82, 2.24) is 15.2 Å². The van der Waals surface area contributed by atoms with Gasteiger partial charge in [-0.2, -0.15) is 4.98 Å². The van der Waals surface area contributed by atoms with Gasteiger partial charge in [0.2, 0.25) is 11.0 Å². The van der Waals surface area contributed by atoms with Gasteiger partial charge in [-0.25, -0.2) is 0 Å². The Labute approximate surface area is 178 Å². The van der Waals surface area contributed by atoms with E-state index in [1.165, 1.54) is 17.3 Å². The van der Waals surface area contributed by atoms with Gasteiger partial charge in [0, 0.05) is 17.0 Å². The fraction of sp³-hybridized carbons (Fsp3) is 0.0870. The van der Waals surface area contributed by atoms with Crippen LogP contribution in [0.5, 0.6) is 5.88 Å². The highest BCUT2D eigenvalue weighted by Gasteiger charge is 2.23. The predicted octanol–water partition coefficient (Wildman–Crippen LogP) is 5.27. The fourth-order valence-corrected chi connectivity index (χ4v) is 3.84. The number of rotatable bonds is 5. The maximum atomic E-state index is 6.16. The van der Waals surface area contributed by atoms with Gasteiger partial charge in [-0.1, -0.05) is 60.3 Å². The third kappa shape index (κ3) is 4.06. The number of thioether (sulfide) groups is 1. The van der Waals surface area contributed by atoms with Crippen LogP contribution in [0.25, 0.3) is 17.3 Å². The number of benzene rings is 2. The SMILES string of the molecule is C(=C\C1Nc2ccccc2-c2nnc(SCc3ccccc3)nc2O1)/c1ccco1. The normalized spacial score (nSPS) is 15.0. The summed E-state index contributed by atoms with van der Waals surface area (Å²) >= 11 is 1.53. The van der Waals surface area contributed by atoms with Crippen molar-refractivity contribution in [2.75, 3.05) is 5.32 Å². The van der Waals surface area contributed by atoms with Crippen LogP contribution in [0.1, 0.15) is 11.3 Å². The molecule has 1 N–H and O–H groups in total. The van der Waals surface area contributed by atoms with Gasteiger partial charge in [0.1, 0.15) is 5.76 Å². The van der Waals surface area contributed by atoms with E-state index in [1.807, 2.05) is 66.7 Å². The summed E-state index contributed by atoms with van der Waals surface area (Å²) in [5.41, 5.74) is 3.64. The summed E-state index contributed by atoms with van der Waals surface area (Å²) in [7, 11) is 0. The molecule has 0 fully saturated rings. The second-order valence-electron chi connectivity index (χ2n) is 6.63. The average molecular weight is 414 g/mol. The van der Waals surface area contributed by atoms with Crippen molar-refractivity contribution < 1.29 is 9.15 Å². The molecule has 3 heterocycles. The number of nitrogens with zero attached hydrogens (tertiary/aromatic N) is 3. The zero-order valence-corrected chi connectivity index (χ0v) is 16.8. The van der Waals surface area contributed by atoms with Gasteiger partial charge in [0.15, 0.2) is 11.9 Å². The standard InChI is InChI=1S/C23H18N4O2S/c1-2-7-16(8-3-1)15-30-23-25-22-21(26-27-23)18-10-4-5-11-19(18)24-20(29-22)13-12-17-9-6-14-28-17/h1-14,20,24H,15H2/b13-12+. The number of fused-ring (bicyclic) bond motifs is 3. The summed E-state index contributed by atoms with van der Waals surface area (Å²) in [6.07, 6.45) is 4.97. The van der Waals surface area contributed by atoms with Crippen molar-refractivity contribution in [2.45, 2.75) is 17.1 Å². The molecule has 4 aromatic rings. The molecule has 1 atom stereocenters. The zero-order chi connectivity index (χ0) is 20.2. The van der Waals surface area contributed by atoms with Crippen molar-refractivity contribution >= 4 is 23.5 Å². The number of aromatic nitrogens is 3. The first-order valence-corrected chi connectivity index (χ1v) is 10.5. The van der Waals surface area contributed by atoms with Gasteiger partial charge in [0.05, 0.1) is 6.26 Å². The minimum atomic E-state index is -0.429. The molecule has 2 aromatic heterocycles. The van der Waals surface area contributed by atoms with E-state index in [0.29, 0.717) is 16.7 Å². The largest absolute Gasteiger partial charge is 0.465 e. The summed E-state index contributed by atoms with van der Waals surface area (Å²) in [4.78, 5) is 4.65. The van der Waals surface area contributed by atoms with Crippen molar-refractivity contribution in [2.24, 2.45) is 0 Å². The number of para-hydroxylation sites is 1. The number of anilines is 1. The molecular weight excluding hydrogens is 396 g/mol. The van der Waals surface area contributed by atoms with E-state index in [0.717, 1.165) is 22.8 Å². The number of hydrogen-bond donors (Lipinski definition) is 1. The number of furan rings is 1. The van der Waals surface area contributed by atoms with E-state index in [9.17, 15) is 0 Å². The van der Waals surface area contributed by atoms with E-state index in [4.69, 9.17) is 9.15 Å². The summed E-state index contributed by atoms with van der Waals surface area (Å²) in [6.45, 7) is 0. The third-order valence-electron chi connectivity index (χ3n) is 4.54. The minimum absolute atomic E-state index is 0.429. The van der Waals surface area contributed by atoms with E-state index in [1.54, 1.807) is 6.26 Å². The second-order valence-corrected chi connectivity index (χ2v) is 7.57. The quantitative estimate of drug-likeness (QED) is 0.446. The number of hydrogen-bond acceptors (Lipinski definition) is 7. The second kappa shape index (κ2) is 8.42. The Morgan fingerprint density at radius 1 is 0.967 bits per heavy atom. The van der Waals surface area contributed by atoms with E-state index < -0.39 is 6.23 Å². The molecule has 1 unspecified atom stereocenters. The Bertz CT molecular complexity index is 1160. The molecule has 6 nitrogen and oxygen atoms in total. The third-order valence-corrected chi connectivity index (χ3v) is 5.45.